The molecule has 0 fully saturated rings. The van der Waals surface area contributed by atoms with Gasteiger partial charge in [-0.2, -0.15) is 0 Å². The third-order valence-corrected chi connectivity index (χ3v) is 4.33. The van der Waals surface area contributed by atoms with Crippen molar-refractivity contribution in [1.82, 2.24) is 9.97 Å². The SMILES string of the molecule is COc1c(Br)cc(-c2cccc(Cl)c2)c2cnc(N(C)C)nc12. The average molecular weight is 393 g/mol. The fourth-order valence-electron chi connectivity index (χ4n) is 2.43. The van der Waals surface area contributed by atoms with Crippen LogP contribution in [0.1, 0.15) is 0 Å². The van der Waals surface area contributed by atoms with Crippen LogP contribution in [-0.2, 0) is 0 Å². The lowest BCUT2D eigenvalue weighted by Crippen LogP contribution is -2.12. The first-order valence-corrected chi connectivity index (χ1v) is 8.15. The van der Waals surface area contributed by atoms with E-state index in [4.69, 9.17) is 16.3 Å². The van der Waals surface area contributed by atoms with E-state index in [0.717, 1.165) is 26.5 Å². The number of methoxy groups -OCH3 is 1. The van der Waals surface area contributed by atoms with Crippen LogP contribution in [0, 0.1) is 0 Å². The molecule has 1 aromatic heterocycles. The summed E-state index contributed by atoms with van der Waals surface area (Å²) >= 11 is 9.71. The first kappa shape index (κ1) is 16.0. The predicted octanol–water partition coefficient (Wildman–Crippen LogP) is 4.79. The summed E-state index contributed by atoms with van der Waals surface area (Å²) in [5.74, 6) is 1.32. The average Bonchev–Trinajstić information content (AvgIpc) is 2.53. The van der Waals surface area contributed by atoms with Crippen LogP contribution in [0.3, 0.4) is 0 Å². The second-order valence-electron chi connectivity index (χ2n) is 5.28. The molecule has 0 saturated carbocycles. The van der Waals surface area contributed by atoms with E-state index in [1.165, 1.54) is 0 Å². The molecule has 0 aliphatic heterocycles. The normalized spacial score (nSPS) is 10.8. The van der Waals surface area contributed by atoms with E-state index in [2.05, 4.69) is 25.9 Å². The summed E-state index contributed by atoms with van der Waals surface area (Å²) in [6.45, 7) is 0. The highest BCUT2D eigenvalue weighted by Crippen LogP contribution is 2.39. The molecule has 3 aromatic rings. The Labute approximate surface area is 148 Å². The van der Waals surface area contributed by atoms with Crippen molar-refractivity contribution in [1.29, 1.82) is 0 Å². The van der Waals surface area contributed by atoms with E-state index in [1.807, 2.05) is 55.5 Å². The Morgan fingerprint density at radius 1 is 1.22 bits per heavy atom. The number of aromatic nitrogens is 2. The third-order valence-electron chi connectivity index (χ3n) is 3.51. The fraction of sp³-hybridized carbons (Fsp3) is 0.176. The fourth-order valence-corrected chi connectivity index (χ4v) is 3.20. The molecule has 6 heteroatoms. The number of ether oxygens (including phenoxy) is 1. The summed E-state index contributed by atoms with van der Waals surface area (Å²) in [5, 5.41) is 1.60. The van der Waals surface area contributed by atoms with Gasteiger partial charge in [0.1, 0.15) is 5.52 Å². The third kappa shape index (κ3) is 2.99. The molecule has 4 nitrogen and oxygen atoms in total. The Kier molecular flexibility index (Phi) is 4.41. The van der Waals surface area contributed by atoms with E-state index in [-0.39, 0.29) is 0 Å². The van der Waals surface area contributed by atoms with Gasteiger partial charge in [0.2, 0.25) is 5.95 Å². The van der Waals surface area contributed by atoms with Crippen molar-refractivity contribution in [3.05, 3.63) is 46.0 Å². The number of rotatable bonds is 3. The van der Waals surface area contributed by atoms with Gasteiger partial charge in [-0.1, -0.05) is 23.7 Å². The van der Waals surface area contributed by atoms with Crippen molar-refractivity contribution in [3.8, 4) is 16.9 Å². The Balaban J connectivity index is 2.35. The minimum absolute atomic E-state index is 0.631. The quantitative estimate of drug-likeness (QED) is 0.642. The number of fused-ring (bicyclic) bond motifs is 1. The van der Waals surface area contributed by atoms with Crippen LogP contribution in [0.15, 0.2) is 41.0 Å². The van der Waals surface area contributed by atoms with E-state index in [1.54, 1.807) is 7.11 Å². The van der Waals surface area contributed by atoms with Crippen molar-refractivity contribution in [3.63, 3.8) is 0 Å². The lowest BCUT2D eigenvalue weighted by Gasteiger charge is -2.15. The van der Waals surface area contributed by atoms with Gasteiger partial charge in [-0.05, 0) is 45.3 Å². The lowest BCUT2D eigenvalue weighted by atomic mass is 10.0. The van der Waals surface area contributed by atoms with E-state index in [0.29, 0.717) is 16.7 Å². The van der Waals surface area contributed by atoms with Crippen LogP contribution in [-0.4, -0.2) is 31.2 Å². The maximum absolute atomic E-state index is 6.14. The van der Waals surface area contributed by atoms with E-state index >= 15 is 0 Å². The van der Waals surface area contributed by atoms with Gasteiger partial charge >= 0.3 is 0 Å². The molecule has 0 radical (unpaired) electrons. The smallest absolute Gasteiger partial charge is 0.225 e. The topological polar surface area (TPSA) is 38.2 Å². The maximum Gasteiger partial charge on any atom is 0.225 e. The summed E-state index contributed by atoms with van der Waals surface area (Å²) in [6, 6.07) is 9.73. The van der Waals surface area contributed by atoms with Gasteiger partial charge in [0.05, 0.1) is 11.6 Å². The van der Waals surface area contributed by atoms with Gasteiger partial charge in [-0.3, -0.25) is 0 Å². The maximum atomic E-state index is 6.14. The molecule has 1 heterocycles. The highest BCUT2D eigenvalue weighted by atomic mass is 79.9. The molecule has 0 bridgehead atoms. The molecule has 23 heavy (non-hydrogen) atoms. The van der Waals surface area contributed by atoms with Crippen LogP contribution < -0.4 is 9.64 Å². The highest BCUT2D eigenvalue weighted by molar-refractivity contribution is 9.10. The summed E-state index contributed by atoms with van der Waals surface area (Å²) < 4.78 is 6.36. The van der Waals surface area contributed by atoms with Gasteiger partial charge in [0.25, 0.3) is 0 Å². The zero-order chi connectivity index (χ0) is 16.6. The van der Waals surface area contributed by atoms with Crippen molar-refractivity contribution >= 4 is 44.4 Å². The molecular weight excluding hydrogens is 378 g/mol. The molecule has 0 N–H and O–H groups in total. The first-order chi connectivity index (χ1) is 11.0. The zero-order valence-electron chi connectivity index (χ0n) is 13.0. The minimum Gasteiger partial charge on any atom is -0.493 e. The van der Waals surface area contributed by atoms with Gasteiger partial charge in [0.15, 0.2) is 5.75 Å². The van der Waals surface area contributed by atoms with Crippen LogP contribution in [0.2, 0.25) is 5.02 Å². The monoisotopic (exact) mass is 391 g/mol. The Hall–Kier alpha value is -1.85. The lowest BCUT2D eigenvalue weighted by molar-refractivity contribution is 0.416. The molecule has 3 rings (SSSR count). The predicted molar refractivity (Wildman–Crippen MR) is 98.6 cm³/mol. The Bertz CT molecular complexity index is 883. The van der Waals surface area contributed by atoms with Crippen molar-refractivity contribution in [2.45, 2.75) is 0 Å². The standard InChI is InChI=1S/C17H15BrClN3O/c1-22(2)17-20-9-13-12(10-5-4-6-11(19)7-10)8-14(18)16(23-3)15(13)21-17/h4-9H,1-3H3. The molecular formula is C17H15BrClN3O. The number of hydrogen-bond acceptors (Lipinski definition) is 4. The molecule has 118 valence electrons. The zero-order valence-corrected chi connectivity index (χ0v) is 15.3. The number of nitrogens with zero attached hydrogens (tertiary/aromatic N) is 3. The van der Waals surface area contributed by atoms with Gasteiger partial charge in [-0.15, -0.1) is 0 Å². The largest absolute Gasteiger partial charge is 0.493 e. The Morgan fingerprint density at radius 3 is 2.65 bits per heavy atom. The number of benzene rings is 2. The molecule has 0 aliphatic carbocycles. The van der Waals surface area contributed by atoms with Crippen LogP contribution in [0.5, 0.6) is 5.75 Å². The summed E-state index contributed by atoms with van der Waals surface area (Å²) in [5.41, 5.74) is 2.77. The second-order valence-corrected chi connectivity index (χ2v) is 6.57. The Morgan fingerprint density at radius 2 is 2.00 bits per heavy atom. The molecule has 0 spiro atoms. The van der Waals surface area contributed by atoms with E-state index < -0.39 is 0 Å². The van der Waals surface area contributed by atoms with Gasteiger partial charge in [0, 0.05) is 30.7 Å². The summed E-state index contributed by atoms with van der Waals surface area (Å²) in [6.07, 6.45) is 1.82. The van der Waals surface area contributed by atoms with Crippen LogP contribution in [0.25, 0.3) is 22.0 Å². The van der Waals surface area contributed by atoms with Gasteiger partial charge in [-0.25, -0.2) is 9.97 Å². The van der Waals surface area contributed by atoms with Crippen molar-refractivity contribution < 1.29 is 4.74 Å². The molecule has 0 saturated heterocycles. The summed E-state index contributed by atoms with van der Waals surface area (Å²) in [4.78, 5) is 10.9. The molecule has 0 atom stereocenters. The molecule has 0 amide bonds. The second kappa shape index (κ2) is 6.34. The van der Waals surface area contributed by atoms with Crippen LogP contribution in [0.4, 0.5) is 5.95 Å². The molecule has 2 aromatic carbocycles. The number of halogens is 2. The minimum atomic E-state index is 0.631. The number of hydrogen-bond donors (Lipinski definition) is 0. The van der Waals surface area contributed by atoms with Crippen LogP contribution >= 0.6 is 27.5 Å². The van der Waals surface area contributed by atoms with Gasteiger partial charge < -0.3 is 9.64 Å². The first-order valence-electron chi connectivity index (χ1n) is 6.97. The molecule has 0 aliphatic rings. The summed E-state index contributed by atoms with van der Waals surface area (Å²) in [7, 11) is 5.45. The number of anilines is 1. The molecule has 0 unspecified atom stereocenters. The van der Waals surface area contributed by atoms with Crippen molar-refractivity contribution in [2.75, 3.05) is 26.1 Å². The van der Waals surface area contributed by atoms with Crippen molar-refractivity contribution in [2.24, 2.45) is 0 Å². The van der Waals surface area contributed by atoms with E-state index in [9.17, 15) is 0 Å². The highest BCUT2D eigenvalue weighted by Gasteiger charge is 2.16.